The fourth-order valence-corrected chi connectivity index (χ4v) is 1.85. The maximum absolute atomic E-state index is 12.0. The highest BCUT2D eigenvalue weighted by Crippen LogP contribution is 2.37. The van der Waals surface area contributed by atoms with Gasteiger partial charge in [-0.2, -0.15) is 0 Å². The molecule has 2 N–H and O–H groups in total. The van der Waals surface area contributed by atoms with Gasteiger partial charge in [-0.05, 0) is 37.0 Å². The lowest BCUT2D eigenvalue weighted by Crippen LogP contribution is -2.24. The first-order valence-corrected chi connectivity index (χ1v) is 5.48. The van der Waals surface area contributed by atoms with Crippen molar-refractivity contribution in [3.05, 3.63) is 28.8 Å². The first-order valence-electron chi connectivity index (χ1n) is 5.11. The van der Waals surface area contributed by atoms with Crippen molar-refractivity contribution in [1.29, 1.82) is 0 Å². The first kappa shape index (κ1) is 12.5. The summed E-state index contributed by atoms with van der Waals surface area (Å²) in [6.07, 6.45) is -2.23. The maximum atomic E-state index is 12.0. The Hall–Kier alpha value is -0.940. The largest absolute Gasteiger partial charge is 0.573 e. The molecule has 2 rings (SSSR count). The molecule has 94 valence electrons. The van der Waals surface area contributed by atoms with Gasteiger partial charge in [0.05, 0.1) is 5.02 Å². The van der Waals surface area contributed by atoms with Crippen LogP contribution in [0.2, 0.25) is 5.02 Å². The van der Waals surface area contributed by atoms with Crippen LogP contribution in [0, 0.1) is 0 Å². The van der Waals surface area contributed by atoms with Crippen molar-refractivity contribution < 1.29 is 17.9 Å². The zero-order valence-electron chi connectivity index (χ0n) is 8.85. The predicted molar refractivity (Wildman–Crippen MR) is 58.0 cm³/mol. The van der Waals surface area contributed by atoms with E-state index in [4.69, 9.17) is 17.3 Å². The van der Waals surface area contributed by atoms with Crippen molar-refractivity contribution >= 4 is 11.6 Å². The second kappa shape index (κ2) is 4.07. The quantitative estimate of drug-likeness (QED) is 0.910. The van der Waals surface area contributed by atoms with Gasteiger partial charge in [0.1, 0.15) is 5.75 Å². The van der Waals surface area contributed by atoms with E-state index < -0.39 is 6.36 Å². The van der Waals surface area contributed by atoms with Crippen LogP contribution in [0.3, 0.4) is 0 Å². The van der Waals surface area contributed by atoms with E-state index in [9.17, 15) is 13.2 Å². The standard InChI is InChI=1S/C11H11ClF3NO/c12-8-5-7(6-10(16)3-4-10)1-2-9(8)17-11(13,14)15/h1-2,5H,3-4,6,16H2. The summed E-state index contributed by atoms with van der Waals surface area (Å²) < 4.78 is 39.8. The van der Waals surface area contributed by atoms with E-state index in [0.717, 1.165) is 18.4 Å². The third kappa shape index (κ3) is 3.51. The van der Waals surface area contributed by atoms with E-state index in [1.165, 1.54) is 12.1 Å². The molecule has 0 aliphatic heterocycles. The molecule has 0 heterocycles. The lowest BCUT2D eigenvalue weighted by atomic mass is 10.1. The van der Waals surface area contributed by atoms with Gasteiger partial charge < -0.3 is 10.5 Å². The van der Waals surface area contributed by atoms with Gasteiger partial charge in [-0.25, -0.2) is 0 Å². The monoisotopic (exact) mass is 265 g/mol. The highest BCUT2D eigenvalue weighted by Gasteiger charge is 2.38. The van der Waals surface area contributed by atoms with Crippen molar-refractivity contribution in [1.82, 2.24) is 0 Å². The zero-order chi connectivity index (χ0) is 12.7. The van der Waals surface area contributed by atoms with Crippen LogP contribution < -0.4 is 10.5 Å². The van der Waals surface area contributed by atoms with Gasteiger partial charge in [0.25, 0.3) is 0 Å². The van der Waals surface area contributed by atoms with Gasteiger partial charge in [0, 0.05) is 5.54 Å². The molecule has 6 heteroatoms. The van der Waals surface area contributed by atoms with E-state index >= 15 is 0 Å². The van der Waals surface area contributed by atoms with Crippen molar-refractivity contribution in [3.63, 3.8) is 0 Å². The molecule has 0 radical (unpaired) electrons. The van der Waals surface area contributed by atoms with E-state index in [-0.39, 0.29) is 16.3 Å². The molecule has 1 aliphatic rings. The predicted octanol–water partition coefficient (Wildman–Crippen LogP) is 3.27. The van der Waals surface area contributed by atoms with Crippen LogP contribution in [0.25, 0.3) is 0 Å². The highest BCUT2D eigenvalue weighted by atomic mass is 35.5. The van der Waals surface area contributed by atoms with Gasteiger partial charge in [0.15, 0.2) is 0 Å². The van der Waals surface area contributed by atoms with Crippen molar-refractivity contribution in [2.75, 3.05) is 0 Å². The fourth-order valence-electron chi connectivity index (χ4n) is 1.61. The summed E-state index contributed by atoms with van der Waals surface area (Å²) in [5.41, 5.74) is 6.54. The Bertz CT molecular complexity index is 429. The van der Waals surface area contributed by atoms with Crippen LogP contribution in [0.4, 0.5) is 13.2 Å². The number of benzene rings is 1. The Labute approximate surface area is 102 Å². The molecule has 1 aromatic rings. The summed E-state index contributed by atoms with van der Waals surface area (Å²) in [6.45, 7) is 0. The van der Waals surface area contributed by atoms with E-state index in [1.54, 1.807) is 6.07 Å². The van der Waals surface area contributed by atoms with Crippen LogP contribution >= 0.6 is 11.6 Å². The lowest BCUT2D eigenvalue weighted by Gasteiger charge is -2.13. The smallest absolute Gasteiger partial charge is 0.404 e. The minimum Gasteiger partial charge on any atom is -0.404 e. The average molecular weight is 266 g/mol. The van der Waals surface area contributed by atoms with Crippen LogP contribution in [-0.2, 0) is 6.42 Å². The maximum Gasteiger partial charge on any atom is 0.573 e. The van der Waals surface area contributed by atoms with Crippen LogP contribution in [0.1, 0.15) is 18.4 Å². The summed E-state index contributed by atoms with van der Waals surface area (Å²) in [4.78, 5) is 0. The van der Waals surface area contributed by atoms with Gasteiger partial charge in [-0.1, -0.05) is 17.7 Å². The van der Waals surface area contributed by atoms with Crippen LogP contribution in [0.5, 0.6) is 5.75 Å². The molecule has 0 saturated heterocycles. The molecule has 0 unspecified atom stereocenters. The first-order chi connectivity index (χ1) is 7.77. The van der Waals surface area contributed by atoms with E-state index in [1.807, 2.05) is 0 Å². The molecular formula is C11H11ClF3NO. The van der Waals surface area contributed by atoms with Crippen LogP contribution in [0.15, 0.2) is 18.2 Å². The summed E-state index contributed by atoms with van der Waals surface area (Å²) in [7, 11) is 0. The molecule has 0 aromatic heterocycles. The highest BCUT2D eigenvalue weighted by molar-refractivity contribution is 6.32. The minimum absolute atomic E-state index is 0.0518. The summed E-state index contributed by atoms with van der Waals surface area (Å²) >= 11 is 5.72. The number of hydrogen-bond donors (Lipinski definition) is 1. The van der Waals surface area contributed by atoms with Gasteiger partial charge in [-0.15, -0.1) is 13.2 Å². The molecule has 0 amide bonds. The SMILES string of the molecule is NC1(Cc2ccc(OC(F)(F)F)c(Cl)c2)CC1. The van der Waals surface area contributed by atoms with Crippen molar-refractivity contribution in [3.8, 4) is 5.75 Å². The minimum atomic E-state index is -4.73. The fraction of sp³-hybridized carbons (Fsp3) is 0.455. The Kier molecular flexibility index (Phi) is 2.99. The Morgan fingerprint density at radius 1 is 1.35 bits per heavy atom. The van der Waals surface area contributed by atoms with Gasteiger partial charge in [-0.3, -0.25) is 0 Å². The summed E-state index contributed by atoms with van der Waals surface area (Å²) in [5.74, 6) is -0.384. The molecule has 1 aliphatic carbocycles. The number of rotatable bonds is 3. The number of alkyl halides is 3. The molecule has 1 aromatic carbocycles. The van der Waals surface area contributed by atoms with Gasteiger partial charge in [0.2, 0.25) is 0 Å². The molecule has 1 saturated carbocycles. The number of halogens is 4. The Balaban J connectivity index is 2.11. The van der Waals surface area contributed by atoms with E-state index in [2.05, 4.69) is 4.74 Å². The second-order valence-electron chi connectivity index (χ2n) is 4.35. The van der Waals surface area contributed by atoms with E-state index in [0.29, 0.717) is 6.42 Å². The zero-order valence-corrected chi connectivity index (χ0v) is 9.61. The number of ether oxygens (including phenoxy) is 1. The molecule has 0 bridgehead atoms. The van der Waals surface area contributed by atoms with Crippen LogP contribution in [-0.4, -0.2) is 11.9 Å². The molecule has 0 atom stereocenters. The average Bonchev–Trinajstić information content (AvgIpc) is 2.86. The Morgan fingerprint density at radius 3 is 2.47 bits per heavy atom. The number of nitrogens with two attached hydrogens (primary N) is 1. The van der Waals surface area contributed by atoms with Crippen molar-refractivity contribution in [2.24, 2.45) is 5.73 Å². The molecule has 17 heavy (non-hydrogen) atoms. The summed E-state index contributed by atoms with van der Waals surface area (Å²) in [5, 5.41) is -0.0518. The normalized spacial score (nSPS) is 17.9. The number of hydrogen-bond acceptors (Lipinski definition) is 2. The molecule has 2 nitrogen and oxygen atoms in total. The third-order valence-electron chi connectivity index (χ3n) is 2.67. The van der Waals surface area contributed by atoms with Gasteiger partial charge >= 0.3 is 6.36 Å². The van der Waals surface area contributed by atoms with Crippen molar-refractivity contribution in [2.45, 2.75) is 31.2 Å². The third-order valence-corrected chi connectivity index (χ3v) is 2.97. The topological polar surface area (TPSA) is 35.2 Å². The lowest BCUT2D eigenvalue weighted by molar-refractivity contribution is -0.274. The Morgan fingerprint density at radius 2 is 2.00 bits per heavy atom. The molecule has 0 spiro atoms. The molecule has 1 fully saturated rings. The molecular weight excluding hydrogens is 255 g/mol. The second-order valence-corrected chi connectivity index (χ2v) is 4.76. The summed E-state index contributed by atoms with van der Waals surface area (Å²) in [6, 6.07) is 4.24.